The molecule has 0 saturated carbocycles. The van der Waals surface area contributed by atoms with Crippen molar-refractivity contribution in [1.82, 2.24) is 15.1 Å². The van der Waals surface area contributed by atoms with Crippen LogP contribution in [0.3, 0.4) is 0 Å². The number of halogens is 2. The number of thiophene rings is 1. The molecule has 0 radical (unpaired) electrons. The van der Waals surface area contributed by atoms with Crippen molar-refractivity contribution >= 4 is 40.4 Å². The Morgan fingerprint density at radius 1 is 1.23 bits per heavy atom. The molecule has 0 bridgehead atoms. The number of carbonyl (C=O) groups is 1. The van der Waals surface area contributed by atoms with E-state index >= 15 is 0 Å². The monoisotopic (exact) mass is 409 g/mol. The van der Waals surface area contributed by atoms with Crippen molar-refractivity contribution in [2.75, 3.05) is 27.2 Å². The van der Waals surface area contributed by atoms with E-state index in [0.29, 0.717) is 28.0 Å². The Balaban J connectivity index is 1.98. The van der Waals surface area contributed by atoms with E-state index in [0.717, 1.165) is 17.1 Å². The van der Waals surface area contributed by atoms with E-state index < -0.39 is 0 Å². The van der Waals surface area contributed by atoms with Crippen LogP contribution in [-0.2, 0) is 0 Å². The van der Waals surface area contributed by atoms with Crippen LogP contribution in [0.5, 0.6) is 0 Å². The van der Waals surface area contributed by atoms with Crippen molar-refractivity contribution in [3.8, 4) is 16.3 Å². The Kier molecular flexibility index (Phi) is 5.98. The van der Waals surface area contributed by atoms with Crippen molar-refractivity contribution in [3.05, 3.63) is 57.5 Å². The van der Waals surface area contributed by atoms with E-state index in [1.54, 1.807) is 40.3 Å². The summed E-state index contributed by atoms with van der Waals surface area (Å²) in [6.45, 7) is 1.42. The van der Waals surface area contributed by atoms with Gasteiger partial charge in [-0.1, -0.05) is 29.3 Å². The first-order valence-corrected chi connectivity index (χ1v) is 9.76. The molecule has 0 aliphatic heterocycles. The minimum Gasteiger partial charge on any atom is -0.345 e. The summed E-state index contributed by atoms with van der Waals surface area (Å²) in [5.74, 6) is -0.173. The van der Waals surface area contributed by atoms with Gasteiger partial charge in [-0.3, -0.25) is 4.79 Å². The lowest BCUT2D eigenvalue weighted by molar-refractivity contribution is -0.856. The first kappa shape index (κ1) is 18.9. The molecule has 0 aliphatic carbocycles. The van der Waals surface area contributed by atoms with Gasteiger partial charge in [0.2, 0.25) is 0 Å². The van der Waals surface area contributed by atoms with Gasteiger partial charge in [-0.05, 0) is 35.7 Å². The van der Waals surface area contributed by atoms with Gasteiger partial charge in [0.15, 0.2) is 0 Å². The lowest BCUT2D eigenvalue weighted by atomic mass is 10.2. The number of nitrogens with one attached hydrogen (secondary N) is 2. The summed E-state index contributed by atoms with van der Waals surface area (Å²) in [7, 11) is 4.09. The number of amides is 1. The fourth-order valence-corrected chi connectivity index (χ4v) is 3.39. The summed E-state index contributed by atoms with van der Waals surface area (Å²) in [6, 6.07) is 10.9. The van der Waals surface area contributed by atoms with Crippen LogP contribution in [0.2, 0.25) is 10.0 Å². The Bertz CT molecular complexity index is 906. The Hall–Kier alpha value is -1.86. The number of hydrogen-bond donors (Lipinski definition) is 2. The van der Waals surface area contributed by atoms with Crippen LogP contribution >= 0.6 is 34.5 Å². The predicted molar refractivity (Wildman–Crippen MR) is 107 cm³/mol. The number of rotatable bonds is 6. The standard InChI is InChI=1S/C18H18Cl2N4OS/c1-23(2)8-7-21-18(25)16-11-15(17-4-3-9-26-17)22-24(16)12-5-6-13(19)14(20)10-12/h3-6,9-11H,7-8H2,1-2H3,(H,21,25)/p+1. The Labute approximate surface area is 166 Å². The van der Waals surface area contributed by atoms with E-state index in [2.05, 4.69) is 10.4 Å². The van der Waals surface area contributed by atoms with E-state index in [-0.39, 0.29) is 5.91 Å². The van der Waals surface area contributed by atoms with Gasteiger partial charge in [0.05, 0.1) is 47.8 Å². The van der Waals surface area contributed by atoms with Gasteiger partial charge in [-0.2, -0.15) is 5.10 Å². The molecule has 2 heterocycles. The third kappa shape index (κ3) is 4.27. The smallest absolute Gasteiger partial charge is 0.270 e. The lowest BCUT2D eigenvalue weighted by Crippen LogP contribution is -3.06. The van der Waals surface area contributed by atoms with Gasteiger partial charge in [0.25, 0.3) is 5.91 Å². The van der Waals surface area contributed by atoms with Gasteiger partial charge in [0.1, 0.15) is 11.4 Å². The number of quaternary nitrogens is 1. The molecule has 3 rings (SSSR count). The SMILES string of the molecule is C[NH+](C)CCNC(=O)c1cc(-c2cccs2)nn1-c1ccc(Cl)c(Cl)c1. The summed E-state index contributed by atoms with van der Waals surface area (Å²) in [5, 5.41) is 10.4. The molecular formula is C18H19Cl2N4OS+. The molecule has 1 aromatic carbocycles. The predicted octanol–water partition coefficient (Wildman–Crippen LogP) is 2.78. The van der Waals surface area contributed by atoms with Crippen LogP contribution in [-0.4, -0.2) is 42.9 Å². The molecule has 0 saturated heterocycles. The molecular weight excluding hydrogens is 391 g/mol. The number of benzene rings is 1. The van der Waals surface area contributed by atoms with Gasteiger partial charge in [-0.25, -0.2) is 4.68 Å². The molecule has 136 valence electrons. The summed E-state index contributed by atoms with van der Waals surface area (Å²) in [5.41, 5.74) is 1.89. The first-order valence-electron chi connectivity index (χ1n) is 8.12. The van der Waals surface area contributed by atoms with Crippen LogP contribution in [0.1, 0.15) is 10.5 Å². The van der Waals surface area contributed by atoms with Crippen LogP contribution in [0.4, 0.5) is 0 Å². The summed E-state index contributed by atoms with van der Waals surface area (Å²) < 4.78 is 1.61. The molecule has 0 aliphatic rings. The maximum atomic E-state index is 12.7. The van der Waals surface area contributed by atoms with Crippen molar-refractivity contribution < 1.29 is 9.69 Å². The van der Waals surface area contributed by atoms with Crippen molar-refractivity contribution in [3.63, 3.8) is 0 Å². The molecule has 0 unspecified atom stereocenters. The van der Waals surface area contributed by atoms with Crippen LogP contribution in [0.15, 0.2) is 41.8 Å². The summed E-state index contributed by atoms with van der Waals surface area (Å²) in [4.78, 5) is 15.0. The number of carbonyl (C=O) groups excluding carboxylic acids is 1. The highest BCUT2D eigenvalue weighted by Crippen LogP contribution is 2.28. The topological polar surface area (TPSA) is 51.4 Å². The van der Waals surface area contributed by atoms with E-state index in [1.165, 1.54) is 4.90 Å². The van der Waals surface area contributed by atoms with Crippen LogP contribution in [0, 0.1) is 0 Å². The van der Waals surface area contributed by atoms with Gasteiger partial charge in [0, 0.05) is 0 Å². The van der Waals surface area contributed by atoms with E-state index in [1.807, 2.05) is 31.6 Å². The maximum Gasteiger partial charge on any atom is 0.270 e. The third-order valence-corrected chi connectivity index (χ3v) is 5.41. The molecule has 2 aromatic heterocycles. The minimum atomic E-state index is -0.173. The van der Waals surface area contributed by atoms with Gasteiger partial charge >= 0.3 is 0 Å². The molecule has 1 amide bonds. The third-order valence-electron chi connectivity index (χ3n) is 3.77. The summed E-state index contributed by atoms with van der Waals surface area (Å²) in [6.07, 6.45) is 0. The molecule has 8 heteroatoms. The molecule has 3 aromatic rings. The molecule has 2 N–H and O–H groups in total. The highest BCUT2D eigenvalue weighted by atomic mass is 35.5. The molecule has 0 fully saturated rings. The summed E-state index contributed by atoms with van der Waals surface area (Å²) >= 11 is 13.7. The van der Waals surface area contributed by atoms with Crippen LogP contribution in [0.25, 0.3) is 16.3 Å². The molecule has 26 heavy (non-hydrogen) atoms. The average molecular weight is 410 g/mol. The zero-order chi connectivity index (χ0) is 18.7. The van der Waals surface area contributed by atoms with Crippen molar-refractivity contribution in [1.29, 1.82) is 0 Å². The lowest BCUT2D eigenvalue weighted by Gasteiger charge is -2.10. The van der Waals surface area contributed by atoms with E-state index in [9.17, 15) is 4.79 Å². The zero-order valence-corrected chi connectivity index (χ0v) is 16.8. The fourth-order valence-electron chi connectivity index (χ4n) is 2.42. The van der Waals surface area contributed by atoms with Gasteiger partial charge < -0.3 is 10.2 Å². The van der Waals surface area contributed by atoms with Crippen molar-refractivity contribution in [2.24, 2.45) is 0 Å². The average Bonchev–Trinajstić information content (AvgIpc) is 3.25. The normalized spacial score (nSPS) is 11.1. The van der Waals surface area contributed by atoms with E-state index in [4.69, 9.17) is 23.2 Å². The second kappa shape index (κ2) is 8.22. The number of nitrogens with zero attached hydrogens (tertiary/aromatic N) is 2. The van der Waals surface area contributed by atoms with Gasteiger partial charge in [-0.15, -0.1) is 11.3 Å². The number of likely N-dealkylation sites (N-methyl/N-ethyl adjacent to an activating group) is 1. The Morgan fingerprint density at radius 2 is 2.04 bits per heavy atom. The minimum absolute atomic E-state index is 0.173. The molecule has 0 atom stereocenters. The largest absolute Gasteiger partial charge is 0.345 e. The number of hydrogen-bond acceptors (Lipinski definition) is 3. The fraction of sp³-hybridized carbons (Fsp3) is 0.222. The molecule has 0 spiro atoms. The number of aromatic nitrogens is 2. The Morgan fingerprint density at radius 3 is 2.69 bits per heavy atom. The zero-order valence-electron chi connectivity index (χ0n) is 14.4. The highest BCUT2D eigenvalue weighted by Gasteiger charge is 2.18. The highest BCUT2D eigenvalue weighted by molar-refractivity contribution is 7.13. The molecule has 5 nitrogen and oxygen atoms in total. The maximum absolute atomic E-state index is 12.7. The second-order valence-corrected chi connectivity index (χ2v) is 7.88. The quantitative estimate of drug-likeness (QED) is 0.657. The van der Waals surface area contributed by atoms with Crippen LogP contribution < -0.4 is 10.2 Å². The first-order chi connectivity index (χ1) is 12.5. The van der Waals surface area contributed by atoms with Crippen molar-refractivity contribution in [2.45, 2.75) is 0 Å². The second-order valence-electron chi connectivity index (χ2n) is 6.12.